The predicted molar refractivity (Wildman–Crippen MR) is 293 cm³/mol. The summed E-state index contributed by atoms with van der Waals surface area (Å²) in [6, 6.07) is 86.0. The van der Waals surface area contributed by atoms with E-state index < -0.39 is 0 Å². The van der Waals surface area contributed by atoms with Crippen molar-refractivity contribution in [3.05, 3.63) is 242 Å². The quantitative estimate of drug-likeness (QED) is 0.159. The third-order valence-corrected chi connectivity index (χ3v) is 16.9. The topological polar surface area (TPSA) is 6.48 Å². The van der Waals surface area contributed by atoms with Crippen molar-refractivity contribution in [1.82, 2.24) is 0 Å². The van der Waals surface area contributed by atoms with Gasteiger partial charge in [0.05, 0.1) is 22.7 Å². The van der Waals surface area contributed by atoms with Crippen LogP contribution in [0.3, 0.4) is 0 Å². The van der Waals surface area contributed by atoms with Crippen molar-refractivity contribution < 1.29 is 0 Å². The van der Waals surface area contributed by atoms with Gasteiger partial charge in [-0.1, -0.05) is 183 Å². The SMILES string of the molecule is CC1(C)c2ccccc2-c2ccc(-c3cccc(-c4c5ccc(N6c7ccccc7Sc7ccccc76)cc5c(-c5ccccc5)c5ccc(N6c7ccccc7Sc7ccccc76)cc45)c3)cc21. The monoisotopic (exact) mass is 916 g/mol. The Labute approximate surface area is 411 Å². The minimum absolute atomic E-state index is 0.0917. The molecular weight excluding hydrogens is 873 g/mol. The molecule has 0 N–H and O–H groups in total. The van der Waals surface area contributed by atoms with E-state index in [1.165, 1.54) is 120 Å². The van der Waals surface area contributed by atoms with Crippen LogP contribution in [0.2, 0.25) is 0 Å². The summed E-state index contributed by atoms with van der Waals surface area (Å²) >= 11 is 3.69. The molecule has 0 spiro atoms. The molecule has 0 unspecified atom stereocenters. The number of hydrogen-bond donors (Lipinski definition) is 0. The van der Waals surface area contributed by atoms with Gasteiger partial charge in [0, 0.05) is 36.4 Å². The summed E-state index contributed by atoms with van der Waals surface area (Å²) in [5.74, 6) is 0. The molecule has 11 aromatic rings. The van der Waals surface area contributed by atoms with E-state index in [4.69, 9.17) is 0 Å². The van der Waals surface area contributed by atoms with Gasteiger partial charge in [-0.2, -0.15) is 0 Å². The van der Waals surface area contributed by atoms with Gasteiger partial charge in [-0.05, 0) is 162 Å². The zero-order valence-corrected chi connectivity index (χ0v) is 39.8. The highest BCUT2D eigenvalue weighted by Gasteiger charge is 2.35. The number of hydrogen-bond acceptors (Lipinski definition) is 4. The van der Waals surface area contributed by atoms with E-state index in [1.54, 1.807) is 0 Å². The zero-order valence-electron chi connectivity index (χ0n) is 38.2. The number of anilines is 6. The standard InChI is InChI=1S/C65H44N2S2/c1-65(2)53-22-7-6-21-47(53)48-34-31-43(38-54(48)65)42-19-16-20-44(37-42)64-50-36-33-45(66-55-23-8-12-27-59(55)68-60-28-13-9-24-56(60)66)39-51(50)63(41-17-4-3-5-18-41)49-35-32-46(40-52(49)64)67-57-25-10-14-29-61(57)69-62-30-15-11-26-58(62)67/h3-40H,1-2H3. The lowest BCUT2D eigenvalue weighted by molar-refractivity contribution is 0.660. The third kappa shape index (κ3) is 6.29. The Bertz CT molecular complexity index is 3820. The smallest absolute Gasteiger partial charge is 0.0601 e. The molecule has 0 saturated heterocycles. The van der Waals surface area contributed by atoms with Crippen LogP contribution in [0, 0.1) is 0 Å². The fourth-order valence-electron chi connectivity index (χ4n) is 11.4. The maximum atomic E-state index is 2.46. The van der Waals surface area contributed by atoms with Crippen LogP contribution in [0.25, 0.3) is 66.1 Å². The van der Waals surface area contributed by atoms with Crippen LogP contribution in [0.15, 0.2) is 250 Å². The fourth-order valence-corrected chi connectivity index (χ4v) is 13.5. The van der Waals surface area contributed by atoms with Crippen LogP contribution in [0.4, 0.5) is 34.1 Å². The number of benzene rings is 11. The average molecular weight is 917 g/mol. The summed E-state index contributed by atoms with van der Waals surface area (Å²) < 4.78 is 0. The third-order valence-electron chi connectivity index (χ3n) is 14.6. The molecule has 326 valence electrons. The summed E-state index contributed by atoms with van der Waals surface area (Å²) in [5.41, 5.74) is 19.7. The number of rotatable bonds is 5. The first kappa shape index (κ1) is 40.3. The van der Waals surface area contributed by atoms with Crippen molar-refractivity contribution >= 4 is 79.2 Å². The van der Waals surface area contributed by atoms with E-state index in [-0.39, 0.29) is 5.41 Å². The Morgan fingerprint density at radius 1 is 0.304 bits per heavy atom. The second-order valence-electron chi connectivity index (χ2n) is 18.8. The van der Waals surface area contributed by atoms with E-state index >= 15 is 0 Å². The van der Waals surface area contributed by atoms with Gasteiger partial charge in [0.25, 0.3) is 0 Å². The fraction of sp³-hybridized carbons (Fsp3) is 0.0462. The van der Waals surface area contributed by atoms with Gasteiger partial charge in [0.15, 0.2) is 0 Å². The minimum Gasteiger partial charge on any atom is -0.308 e. The molecule has 14 rings (SSSR count). The summed E-state index contributed by atoms with van der Waals surface area (Å²) in [6.07, 6.45) is 0. The normalized spacial score (nSPS) is 13.9. The van der Waals surface area contributed by atoms with Crippen LogP contribution >= 0.6 is 23.5 Å². The first-order chi connectivity index (χ1) is 34.0. The number of nitrogens with zero attached hydrogens (tertiary/aromatic N) is 2. The molecule has 1 aliphatic carbocycles. The van der Waals surface area contributed by atoms with Crippen molar-refractivity contribution in [3.8, 4) is 44.5 Å². The first-order valence-corrected chi connectivity index (χ1v) is 25.4. The maximum Gasteiger partial charge on any atom is 0.0601 e. The van der Waals surface area contributed by atoms with Crippen LogP contribution < -0.4 is 9.80 Å². The lowest BCUT2D eigenvalue weighted by atomic mass is 9.81. The molecule has 0 amide bonds. The molecule has 2 aliphatic heterocycles. The van der Waals surface area contributed by atoms with Crippen molar-refractivity contribution in [2.24, 2.45) is 0 Å². The highest BCUT2D eigenvalue weighted by molar-refractivity contribution is 8.00. The van der Waals surface area contributed by atoms with Crippen LogP contribution in [-0.4, -0.2) is 0 Å². The molecule has 0 fully saturated rings. The summed E-state index contributed by atoms with van der Waals surface area (Å²) in [7, 11) is 0. The minimum atomic E-state index is -0.0917. The van der Waals surface area contributed by atoms with Crippen molar-refractivity contribution in [1.29, 1.82) is 0 Å². The maximum absolute atomic E-state index is 2.46. The molecule has 69 heavy (non-hydrogen) atoms. The van der Waals surface area contributed by atoms with Gasteiger partial charge >= 0.3 is 0 Å². The highest BCUT2D eigenvalue weighted by Crippen LogP contribution is 2.56. The lowest BCUT2D eigenvalue weighted by Gasteiger charge is -2.34. The number of para-hydroxylation sites is 4. The van der Waals surface area contributed by atoms with E-state index in [0.717, 1.165) is 11.4 Å². The Morgan fingerprint density at radius 3 is 1.30 bits per heavy atom. The van der Waals surface area contributed by atoms with E-state index in [0.29, 0.717) is 0 Å². The largest absolute Gasteiger partial charge is 0.308 e. The Hall–Kier alpha value is -7.76. The van der Waals surface area contributed by atoms with Crippen molar-refractivity contribution in [3.63, 3.8) is 0 Å². The van der Waals surface area contributed by atoms with E-state index in [1.807, 2.05) is 23.5 Å². The Balaban J connectivity index is 1.04. The molecule has 0 bridgehead atoms. The summed E-state index contributed by atoms with van der Waals surface area (Å²) in [6.45, 7) is 4.74. The zero-order chi connectivity index (χ0) is 45.8. The van der Waals surface area contributed by atoms with Crippen LogP contribution in [-0.2, 0) is 5.41 Å². The predicted octanol–water partition coefficient (Wildman–Crippen LogP) is 19.2. The summed E-state index contributed by atoms with van der Waals surface area (Å²) in [4.78, 5) is 9.92. The molecule has 4 heteroatoms. The lowest BCUT2D eigenvalue weighted by Crippen LogP contribution is -2.15. The highest BCUT2D eigenvalue weighted by atomic mass is 32.2. The van der Waals surface area contributed by atoms with Gasteiger partial charge in [-0.3, -0.25) is 0 Å². The molecule has 2 heterocycles. The molecule has 0 radical (unpaired) electrons. The van der Waals surface area contributed by atoms with Gasteiger partial charge in [-0.15, -0.1) is 0 Å². The Kier molecular flexibility index (Phi) is 9.14. The van der Waals surface area contributed by atoms with Gasteiger partial charge < -0.3 is 9.80 Å². The van der Waals surface area contributed by atoms with Gasteiger partial charge in [-0.25, -0.2) is 0 Å². The second-order valence-corrected chi connectivity index (χ2v) is 21.0. The average Bonchev–Trinajstić information content (AvgIpc) is 3.63. The Morgan fingerprint density at radius 2 is 0.739 bits per heavy atom. The first-order valence-electron chi connectivity index (χ1n) is 23.7. The molecule has 3 aliphatic rings. The van der Waals surface area contributed by atoms with Gasteiger partial charge in [0.2, 0.25) is 0 Å². The molecule has 0 aromatic heterocycles. The van der Waals surface area contributed by atoms with Crippen LogP contribution in [0.5, 0.6) is 0 Å². The van der Waals surface area contributed by atoms with Crippen molar-refractivity contribution in [2.45, 2.75) is 38.8 Å². The second kappa shape index (κ2) is 15.6. The summed E-state index contributed by atoms with van der Waals surface area (Å²) in [5, 5.41) is 4.87. The van der Waals surface area contributed by atoms with E-state index in [2.05, 4.69) is 254 Å². The molecule has 0 atom stereocenters. The molecular formula is C65H44N2S2. The van der Waals surface area contributed by atoms with E-state index in [9.17, 15) is 0 Å². The van der Waals surface area contributed by atoms with Gasteiger partial charge in [0.1, 0.15) is 0 Å². The van der Waals surface area contributed by atoms with Crippen molar-refractivity contribution in [2.75, 3.05) is 9.80 Å². The van der Waals surface area contributed by atoms with Crippen LogP contribution in [0.1, 0.15) is 25.0 Å². The molecule has 0 saturated carbocycles. The molecule has 2 nitrogen and oxygen atoms in total. The molecule has 11 aromatic carbocycles. The number of fused-ring (bicyclic) bond motifs is 9.